The summed E-state index contributed by atoms with van der Waals surface area (Å²) in [5, 5.41) is 9.66. The summed E-state index contributed by atoms with van der Waals surface area (Å²) in [5.74, 6) is -0.851. The number of nitrogens with zero attached hydrogens (tertiary/aromatic N) is 2. The van der Waals surface area contributed by atoms with Gasteiger partial charge in [0.05, 0.1) is 23.1 Å². The lowest BCUT2D eigenvalue weighted by Gasteiger charge is -2.08. The Hall–Kier alpha value is -3.48. The topological polar surface area (TPSA) is 76.0 Å². The summed E-state index contributed by atoms with van der Waals surface area (Å²) >= 11 is 0. The van der Waals surface area contributed by atoms with E-state index in [1.165, 1.54) is 25.3 Å². The van der Waals surface area contributed by atoms with E-state index in [1.54, 1.807) is 48.0 Å². The molecule has 0 bridgehead atoms. The molecule has 0 unspecified atom stereocenters. The van der Waals surface area contributed by atoms with E-state index in [0.717, 1.165) is 0 Å². The van der Waals surface area contributed by atoms with Gasteiger partial charge in [-0.15, -0.1) is 0 Å². The van der Waals surface area contributed by atoms with E-state index in [-0.39, 0.29) is 17.6 Å². The number of hydrogen-bond acceptors (Lipinski definition) is 3. The van der Waals surface area contributed by atoms with Crippen molar-refractivity contribution in [3.8, 4) is 5.69 Å². The Balaban J connectivity index is 1.81. The van der Waals surface area contributed by atoms with Gasteiger partial charge in [-0.05, 0) is 49.4 Å². The van der Waals surface area contributed by atoms with Gasteiger partial charge >= 0.3 is 0 Å². The van der Waals surface area contributed by atoms with Crippen LogP contribution < -0.4 is 10.6 Å². The fourth-order valence-electron chi connectivity index (χ4n) is 2.55. The van der Waals surface area contributed by atoms with Crippen LogP contribution in [0.4, 0.5) is 15.8 Å². The SMILES string of the molecule is CC(=O)Nc1cccc(NC(=O)c2cnn(-c3ccc(F)cc3)c2C)c1. The molecule has 0 aliphatic carbocycles. The molecule has 0 atom stereocenters. The molecule has 0 aliphatic heterocycles. The van der Waals surface area contributed by atoms with Crippen LogP contribution in [0.5, 0.6) is 0 Å². The van der Waals surface area contributed by atoms with Crippen LogP contribution >= 0.6 is 0 Å². The second kappa shape index (κ2) is 7.18. The first kappa shape index (κ1) is 17.3. The molecule has 0 saturated carbocycles. The van der Waals surface area contributed by atoms with Gasteiger partial charge in [-0.1, -0.05) is 6.07 Å². The van der Waals surface area contributed by atoms with E-state index < -0.39 is 0 Å². The first-order chi connectivity index (χ1) is 12.4. The normalized spacial score (nSPS) is 10.4. The molecule has 1 aromatic heterocycles. The summed E-state index contributed by atoms with van der Waals surface area (Å²) in [6.45, 7) is 3.18. The van der Waals surface area contributed by atoms with Gasteiger partial charge in [-0.3, -0.25) is 9.59 Å². The fraction of sp³-hybridized carbons (Fsp3) is 0.105. The van der Waals surface area contributed by atoms with Crippen molar-refractivity contribution in [3.63, 3.8) is 0 Å². The molecule has 0 spiro atoms. The number of aromatic nitrogens is 2. The molecule has 3 rings (SSSR count). The van der Waals surface area contributed by atoms with Crippen molar-refractivity contribution in [2.24, 2.45) is 0 Å². The first-order valence-corrected chi connectivity index (χ1v) is 7.93. The lowest BCUT2D eigenvalue weighted by atomic mass is 10.2. The highest BCUT2D eigenvalue weighted by Crippen LogP contribution is 2.19. The second-order valence-corrected chi connectivity index (χ2v) is 5.75. The monoisotopic (exact) mass is 352 g/mol. The largest absolute Gasteiger partial charge is 0.326 e. The van der Waals surface area contributed by atoms with Crippen molar-refractivity contribution in [2.45, 2.75) is 13.8 Å². The van der Waals surface area contributed by atoms with E-state index in [1.807, 2.05) is 0 Å². The van der Waals surface area contributed by atoms with Crippen molar-refractivity contribution < 1.29 is 14.0 Å². The molecule has 132 valence electrons. The van der Waals surface area contributed by atoms with E-state index in [0.29, 0.717) is 28.3 Å². The van der Waals surface area contributed by atoms with Gasteiger partial charge in [0, 0.05) is 18.3 Å². The molecule has 2 N–H and O–H groups in total. The predicted molar refractivity (Wildman–Crippen MR) is 97.0 cm³/mol. The Morgan fingerprint density at radius 1 is 1.04 bits per heavy atom. The molecule has 26 heavy (non-hydrogen) atoms. The van der Waals surface area contributed by atoms with Crippen molar-refractivity contribution in [3.05, 3.63) is 71.8 Å². The van der Waals surface area contributed by atoms with Crippen LogP contribution in [0.2, 0.25) is 0 Å². The zero-order valence-electron chi connectivity index (χ0n) is 14.3. The molecule has 6 nitrogen and oxygen atoms in total. The van der Waals surface area contributed by atoms with Crippen molar-refractivity contribution >= 4 is 23.2 Å². The quantitative estimate of drug-likeness (QED) is 0.754. The molecule has 0 aliphatic rings. The Bertz CT molecular complexity index is 964. The lowest BCUT2D eigenvalue weighted by molar-refractivity contribution is -0.114. The zero-order valence-corrected chi connectivity index (χ0v) is 14.3. The molecule has 7 heteroatoms. The smallest absolute Gasteiger partial charge is 0.259 e. The number of hydrogen-bond donors (Lipinski definition) is 2. The molecule has 1 heterocycles. The maximum Gasteiger partial charge on any atom is 0.259 e. The molecule has 0 fully saturated rings. The number of nitrogens with one attached hydrogen (secondary N) is 2. The highest BCUT2D eigenvalue weighted by Gasteiger charge is 2.15. The van der Waals surface area contributed by atoms with Crippen LogP contribution in [0, 0.1) is 12.7 Å². The van der Waals surface area contributed by atoms with Crippen LogP contribution in [0.15, 0.2) is 54.7 Å². The summed E-state index contributed by atoms with van der Waals surface area (Å²) < 4.78 is 14.6. The highest BCUT2D eigenvalue weighted by atomic mass is 19.1. The van der Waals surface area contributed by atoms with E-state index in [2.05, 4.69) is 15.7 Å². The van der Waals surface area contributed by atoms with Crippen molar-refractivity contribution in [1.82, 2.24) is 9.78 Å². The predicted octanol–water partition coefficient (Wildman–Crippen LogP) is 3.53. The average Bonchev–Trinajstić information content (AvgIpc) is 2.97. The summed E-state index contributed by atoms with van der Waals surface area (Å²) in [6, 6.07) is 12.7. The summed E-state index contributed by atoms with van der Waals surface area (Å²) in [7, 11) is 0. The van der Waals surface area contributed by atoms with Crippen LogP contribution in [0.3, 0.4) is 0 Å². The lowest BCUT2D eigenvalue weighted by Crippen LogP contribution is -2.13. The molecule has 0 saturated heterocycles. The Labute approximate surface area is 149 Å². The van der Waals surface area contributed by atoms with Crippen molar-refractivity contribution in [1.29, 1.82) is 0 Å². The maximum atomic E-state index is 13.1. The van der Waals surface area contributed by atoms with Gasteiger partial charge in [-0.25, -0.2) is 9.07 Å². The summed E-state index contributed by atoms with van der Waals surface area (Å²) in [4.78, 5) is 23.7. The Kier molecular flexibility index (Phi) is 4.79. The van der Waals surface area contributed by atoms with Crippen LogP contribution in [-0.2, 0) is 4.79 Å². The average molecular weight is 352 g/mol. The molecular weight excluding hydrogens is 335 g/mol. The van der Waals surface area contributed by atoms with Crippen molar-refractivity contribution in [2.75, 3.05) is 10.6 Å². The molecule has 2 aromatic carbocycles. The van der Waals surface area contributed by atoms with Gasteiger partial charge in [0.15, 0.2) is 0 Å². The minimum Gasteiger partial charge on any atom is -0.326 e. The van der Waals surface area contributed by atoms with Gasteiger partial charge in [0.25, 0.3) is 5.91 Å². The third-order valence-electron chi connectivity index (χ3n) is 3.77. The second-order valence-electron chi connectivity index (χ2n) is 5.75. The van der Waals surface area contributed by atoms with E-state index in [9.17, 15) is 14.0 Å². The number of carbonyl (C=O) groups is 2. The van der Waals surface area contributed by atoms with E-state index in [4.69, 9.17) is 0 Å². The van der Waals surface area contributed by atoms with Crippen LogP contribution in [0.25, 0.3) is 5.69 Å². The molecule has 3 aromatic rings. The number of halogens is 1. The Morgan fingerprint density at radius 2 is 1.69 bits per heavy atom. The number of carbonyl (C=O) groups excluding carboxylic acids is 2. The highest BCUT2D eigenvalue weighted by molar-refractivity contribution is 6.05. The number of anilines is 2. The molecular formula is C19H17FN4O2. The van der Waals surface area contributed by atoms with Gasteiger partial charge < -0.3 is 10.6 Å². The van der Waals surface area contributed by atoms with Crippen LogP contribution in [0.1, 0.15) is 23.0 Å². The standard InChI is InChI=1S/C19H17FN4O2/c1-12-18(11-21-24(12)17-8-6-14(20)7-9-17)19(26)23-16-5-3-4-15(10-16)22-13(2)25/h3-11H,1-2H3,(H,22,25)(H,23,26). The fourth-order valence-corrected chi connectivity index (χ4v) is 2.55. The first-order valence-electron chi connectivity index (χ1n) is 7.93. The third kappa shape index (κ3) is 3.77. The number of amides is 2. The molecule has 2 amide bonds. The third-order valence-corrected chi connectivity index (χ3v) is 3.77. The minimum atomic E-state index is -0.337. The van der Waals surface area contributed by atoms with Gasteiger partial charge in [-0.2, -0.15) is 5.10 Å². The summed E-state index contributed by atoms with van der Waals surface area (Å²) in [6.07, 6.45) is 1.46. The summed E-state index contributed by atoms with van der Waals surface area (Å²) in [5.41, 5.74) is 2.84. The van der Waals surface area contributed by atoms with Crippen LogP contribution in [-0.4, -0.2) is 21.6 Å². The molecule has 0 radical (unpaired) electrons. The van der Waals surface area contributed by atoms with Gasteiger partial charge in [0.1, 0.15) is 5.82 Å². The number of benzene rings is 2. The number of rotatable bonds is 4. The zero-order chi connectivity index (χ0) is 18.7. The minimum absolute atomic E-state index is 0.190. The Morgan fingerprint density at radius 3 is 2.35 bits per heavy atom. The maximum absolute atomic E-state index is 13.1. The van der Waals surface area contributed by atoms with Gasteiger partial charge in [0.2, 0.25) is 5.91 Å². The van der Waals surface area contributed by atoms with E-state index >= 15 is 0 Å².